The first kappa shape index (κ1) is 15.5. The predicted octanol–water partition coefficient (Wildman–Crippen LogP) is 3.33. The summed E-state index contributed by atoms with van der Waals surface area (Å²) >= 11 is 6.13. The SMILES string of the molecule is CS(=O)(=O)c1cccc(Cl)c1CNCCC1=CCCC1. The minimum absolute atomic E-state index is 0.317. The zero-order valence-electron chi connectivity index (χ0n) is 11.7. The van der Waals surface area contributed by atoms with Crippen LogP contribution in [0.1, 0.15) is 31.2 Å². The molecule has 0 atom stereocenters. The van der Waals surface area contributed by atoms with E-state index in [9.17, 15) is 8.42 Å². The Bertz CT molecular complexity index is 608. The molecule has 5 heteroatoms. The molecule has 3 nitrogen and oxygen atoms in total. The van der Waals surface area contributed by atoms with Crippen LogP contribution >= 0.6 is 11.6 Å². The van der Waals surface area contributed by atoms with E-state index in [2.05, 4.69) is 11.4 Å². The zero-order valence-corrected chi connectivity index (χ0v) is 13.2. The summed E-state index contributed by atoms with van der Waals surface area (Å²) in [5.41, 5.74) is 2.16. The molecule has 0 aliphatic heterocycles. The number of rotatable bonds is 6. The maximum absolute atomic E-state index is 11.8. The molecule has 110 valence electrons. The van der Waals surface area contributed by atoms with Crippen molar-refractivity contribution in [1.29, 1.82) is 0 Å². The summed E-state index contributed by atoms with van der Waals surface area (Å²) in [6.07, 6.45) is 8.20. The Hall–Kier alpha value is -0.840. The van der Waals surface area contributed by atoms with Crippen molar-refractivity contribution in [2.75, 3.05) is 12.8 Å². The molecule has 1 aromatic carbocycles. The molecule has 0 aromatic heterocycles. The van der Waals surface area contributed by atoms with Gasteiger partial charge in [-0.25, -0.2) is 8.42 Å². The third-order valence-electron chi connectivity index (χ3n) is 3.54. The van der Waals surface area contributed by atoms with E-state index in [1.165, 1.54) is 31.1 Å². The van der Waals surface area contributed by atoms with Gasteiger partial charge in [0.1, 0.15) is 0 Å². The van der Waals surface area contributed by atoms with Gasteiger partial charge in [-0.2, -0.15) is 0 Å². The molecular formula is C15H20ClNO2S. The zero-order chi connectivity index (χ0) is 14.6. The maximum atomic E-state index is 11.8. The van der Waals surface area contributed by atoms with Gasteiger partial charge in [-0.3, -0.25) is 0 Å². The van der Waals surface area contributed by atoms with Crippen LogP contribution in [0.15, 0.2) is 34.7 Å². The lowest BCUT2D eigenvalue weighted by Gasteiger charge is -2.11. The summed E-state index contributed by atoms with van der Waals surface area (Å²) in [4.78, 5) is 0.317. The van der Waals surface area contributed by atoms with E-state index in [0.717, 1.165) is 13.0 Å². The highest BCUT2D eigenvalue weighted by molar-refractivity contribution is 7.90. The van der Waals surface area contributed by atoms with Crippen LogP contribution in [-0.2, 0) is 16.4 Å². The van der Waals surface area contributed by atoms with E-state index in [4.69, 9.17) is 11.6 Å². The second kappa shape index (κ2) is 6.74. The van der Waals surface area contributed by atoms with Gasteiger partial charge in [0, 0.05) is 23.4 Å². The van der Waals surface area contributed by atoms with E-state index in [1.807, 2.05) is 0 Å². The highest BCUT2D eigenvalue weighted by Gasteiger charge is 2.15. The summed E-state index contributed by atoms with van der Waals surface area (Å²) in [5.74, 6) is 0. The lowest BCUT2D eigenvalue weighted by Crippen LogP contribution is -2.17. The van der Waals surface area contributed by atoms with Crippen molar-refractivity contribution < 1.29 is 8.42 Å². The highest BCUT2D eigenvalue weighted by atomic mass is 35.5. The predicted molar refractivity (Wildman–Crippen MR) is 82.8 cm³/mol. The molecule has 0 amide bonds. The molecule has 1 N–H and O–H groups in total. The van der Waals surface area contributed by atoms with E-state index in [1.54, 1.807) is 18.2 Å². The van der Waals surface area contributed by atoms with E-state index >= 15 is 0 Å². The Labute approximate surface area is 125 Å². The van der Waals surface area contributed by atoms with Crippen LogP contribution in [0.5, 0.6) is 0 Å². The molecule has 1 aliphatic carbocycles. The number of hydrogen-bond acceptors (Lipinski definition) is 3. The van der Waals surface area contributed by atoms with Crippen molar-refractivity contribution in [3.63, 3.8) is 0 Å². The second-order valence-corrected chi connectivity index (χ2v) is 7.56. The lowest BCUT2D eigenvalue weighted by molar-refractivity contribution is 0.598. The number of halogens is 1. The number of nitrogens with one attached hydrogen (secondary N) is 1. The average Bonchev–Trinajstić information content (AvgIpc) is 2.88. The monoisotopic (exact) mass is 313 g/mol. The van der Waals surface area contributed by atoms with Crippen LogP contribution in [0, 0.1) is 0 Å². The minimum Gasteiger partial charge on any atom is -0.312 e. The normalized spacial score (nSPS) is 15.4. The van der Waals surface area contributed by atoms with Crippen LogP contribution in [-0.4, -0.2) is 21.2 Å². The first-order valence-electron chi connectivity index (χ1n) is 6.84. The molecule has 0 saturated heterocycles. The molecule has 0 bridgehead atoms. The third-order valence-corrected chi connectivity index (χ3v) is 5.07. The second-order valence-electron chi connectivity index (χ2n) is 5.17. The summed E-state index contributed by atoms with van der Waals surface area (Å²) in [6, 6.07) is 5.01. The molecule has 0 spiro atoms. The van der Waals surface area contributed by atoms with Crippen LogP contribution < -0.4 is 5.32 Å². The molecule has 2 rings (SSSR count). The number of hydrogen-bond donors (Lipinski definition) is 1. The van der Waals surface area contributed by atoms with Gasteiger partial charge >= 0.3 is 0 Å². The van der Waals surface area contributed by atoms with Crippen molar-refractivity contribution >= 4 is 21.4 Å². The van der Waals surface area contributed by atoms with Crippen LogP contribution in [0.25, 0.3) is 0 Å². The van der Waals surface area contributed by atoms with Gasteiger partial charge in [-0.1, -0.05) is 29.3 Å². The fourth-order valence-corrected chi connectivity index (χ4v) is 3.74. The molecule has 1 aliphatic rings. The molecular weight excluding hydrogens is 294 g/mol. The molecule has 0 heterocycles. The smallest absolute Gasteiger partial charge is 0.175 e. The molecule has 1 aromatic rings. The lowest BCUT2D eigenvalue weighted by atomic mass is 10.1. The van der Waals surface area contributed by atoms with Crippen molar-refractivity contribution in [3.05, 3.63) is 40.4 Å². The Kier molecular flexibility index (Phi) is 5.24. The summed E-state index contributed by atoms with van der Waals surface area (Å²) in [7, 11) is -3.24. The van der Waals surface area contributed by atoms with E-state index in [0.29, 0.717) is 22.0 Å². The highest BCUT2D eigenvalue weighted by Crippen LogP contribution is 2.24. The number of allylic oxidation sites excluding steroid dienone is 1. The van der Waals surface area contributed by atoms with Gasteiger partial charge in [0.2, 0.25) is 0 Å². The molecule has 0 fully saturated rings. The van der Waals surface area contributed by atoms with Gasteiger partial charge in [0.25, 0.3) is 0 Å². The first-order valence-corrected chi connectivity index (χ1v) is 9.11. The maximum Gasteiger partial charge on any atom is 0.175 e. The number of benzene rings is 1. The minimum atomic E-state index is -3.24. The van der Waals surface area contributed by atoms with Gasteiger partial charge in [0.15, 0.2) is 9.84 Å². The van der Waals surface area contributed by atoms with Crippen molar-refractivity contribution in [2.24, 2.45) is 0 Å². The van der Waals surface area contributed by atoms with Crippen molar-refractivity contribution in [2.45, 2.75) is 37.1 Å². The number of sulfone groups is 1. The summed E-state index contributed by atoms with van der Waals surface area (Å²) < 4.78 is 23.5. The Balaban J connectivity index is 1.98. The van der Waals surface area contributed by atoms with Crippen LogP contribution in [0.3, 0.4) is 0 Å². The van der Waals surface area contributed by atoms with E-state index < -0.39 is 9.84 Å². The standard InChI is InChI=1S/C15H20ClNO2S/c1-20(18,19)15-8-4-7-14(16)13(15)11-17-10-9-12-5-2-3-6-12/h4-5,7-8,17H,2-3,6,9-11H2,1H3. The van der Waals surface area contributed by atoms with Gasteiger partial charge in [0.05, 0.1) is 4.90 Å². The Morgan fingerprint density at radius 2 is 2.15 bits per heavy atom. The quantitative estimate of drug-likeness (QED) is 0.647. The fourth-order valence-electron chi connectivity index (χ4n) is 2.48. The fraction of sp³-hybridized carbons (Fsp3) is 0.467. The van der Waals surface area contributed by atoms with Crippen molar-refractivity contribution in [3.8, 4) is 0 Å². The Morgan fingerprint density at radius 3 is 2.80 bits per heavy atom. The van der Waals surface area contributed by atoms with E-state index in [-0.39, 0.29) is 0 Å². The van der Waals surface area contributed by atoms with Crippen LogP contribution in [0.2, 0.25) is 5.02 Å². The average molecular weight is 314 g/mol. The molecule has 20 heavy (non-hydrogen) atoms. The van der Waals surface area contributed by atoms with Gasteiger partial charge in [-0.15, -0.1) is 0 Å². The first-order chi connectivity index (χ1) is 9.48. The molecule has 0 saturated carbocycles. The van der Waals surface area contributed by atoms with Gasteiger partial charge < -0.3 is 5.32 Å². The largest absolute Gasteiger partial charge is 0.312 e. The van der Waals surface area contributed by atoms with Gasteiger partial charge in [-0.05, 0) is 44.4 Å². The third kappa shape index (κ3) is 4.08. The Morgan fingerprint density at radius 1 is 1.35 bits per heavy atom. The summed E-state index contributed by atoms with van der Waals surface area (Å²) in [6.45, 7) is 1.33. The van der Waals surface area contributed by atoms with Crippen LogP contribution in [0.4, 0.5) is 0 Å². The summed E-state index contributed by atoms with van der Waals surface area (Å²) in [5, 5.41) is 3.79. The topological polar surface area (TPSA) is 46.2 Å². The molecule has 0 radical (unpaired) electrons. The molecule has 0 unspecified atom stereocenters. The van der Waals surface area contributed by atoms with Crippen molar-refractivity contribution in [1.82, 2.24) is 5.32 Å².